The lowest BCUT2D eigenvalue weighted by Crippen LogP contribution is -2.15. The molecule has 3 rings (SSSR count). The Labute approximate surface area is 132 Å². The third kappa shape index (κ3) is 4.23. The maximum Gasteiger partial charge on any atom is 0.232 e. The first-order valence-corrected chi connectivity index (χ1v) is 7.18. The number of aromatic amines is 1. The highest BCUT2D eigenvalue weighted by Gasteiger charge is 2.10. The minimum absolute atomic E-state index is 0.0582. The molecule has 2 aromatic carbocycles. The van der Waals surface area contributed by atoms with Crippen LogP contribution in [0, 0.1) is 5.82 Å². The minimum Gasteiger partial charge on any atom is -0.326 e. The fraction of sp³-hybridized carbons (Fsp3) is 0.118. The van der Waals surface area contributed by atoms with Crippen LogP contribution in [0.1, 0.15) is 17.2 Å². The Bertz CT molecular complexity index is 784. The predicted molar refractivity (Wildman–Crippen MR) is 84.4 cm³/mol. The molecule has 1 aromatic heterocycles. The topological polar surface area (TPSA) is 70.7 Å². The molecule has 5 nitrogen and oxygen atoms in total. The first-order valence-electron chi connectivity index (χ1n) is 7.18. The number of benzene rings is 2. The molecule has 6 heteroatoms. The van der Waals surface area contributed by atoms with Gasteiger partial charge in [-0.2, -0.15) is 5.10 Å². The van der Waals surface area contributed by atoms with Crippen molar-refractivity contribution in [2.45, 2.75) is 12.8 Å². The van der Waals surface area contributed by atoms with Crippen LogP contribution in [0.5, 0.6) is 0 Å². The Morgan fingerprint density at radius 2 is 1.83 bits per heavy atom. The number of rotatable bonds is 5. The van der Waals surface area contributed by atoms with Gasteiger partial charge in [-0.3, -0.25) is 9.89 Å². The molecule has 116 valence electrons. The standard InChI is InChI=1S/C17H15FN4O/c18-13-6-8-14(9-7-13)19-17(23)11-16-20-15(21-22-16)10-12-4-2-1-3-5-12/h1-9H,10-11H2,(H,19,23)(H,20,21,22). The number of H-pyrrole nitrogens is 1. The normalized spacial score (nSPS) is 10.5. The zero-order valence-corrected chi connectivity index (χ0v) is 12.3. The summed E-state index contributed by atoms with van der Waals surface area (Å²) < 4.78 is 12.8. The summed E-state index contributed by atoms with van der Waals surface area (Å²) in [6.07, 6.45) is 0.691. The highest BCUT2D eigenvalue weighted by atomic mass is 19.1. The van der Waals surface area contributed by atoms with Gasteiger partial charge < -0.3 is 5.32 Å². The fourth-order valence-electron chi connectivity index (χ4n) is 2.16. The summed E-state index contributed by atoms with van der Waals surface area (Å²) in [5.74, 6) is 0.542. The van der Waals surface area contributed by atoms with Gasteiger partial charge in [-0.15, -0.1) is 0 Å². The molecule has 2 N–H and O–H groups in total. The van der Waals surface area contributed by atoms with Crippen molar-refractivity contribution >= 4 is 11.6 Å². The van der Waals surface area contributed by atoms with Crippen LogP contribution in [-0.4, -0.2) is 21.1 Å². The fourth-order valence-corrected chi connectivity index (χ4v) is 2.16. The summed E-state index contributed by atoms with van der Waals surface area (Å²) in [4.78, 5) is 16.2. The van der Waals surface area contributed by atoms with E-state index in [0.717, 1.165) is 5.56 Å². The molecule has 23 heavy (non-hydrogen) atoms. The smallest absolute Gasteiger partial charge is 0.232 e. The quantitative estimate of drug-likeness (QED) is 0.761. The Morgan fingerprint density at radius 3 is 2.57 bits per heavy atom. The number of amides is 1. The molecule has 1 amide bonds. The summed E-state index contributed by atoms with van der Waals surface area (Å²) in [6, 6.07) is 15.5. The molecule has 0 saturated carbocycles. The van der Waals surface area contributed by atoms with Crippen LogP contribution in [0.15, 0.2) is 54.6 Å². The average molecular weight is 310 g/mol. The minimum atomic E-state index is -0.345. The number of carbonyl (C=O) groups excluding carboxylic acids is 1. The highest BCUT2D eigenvalue weighted by Crippen LogP contribution is 2.09. The second-order valence-corrected chi connectivity index (χ2v) is 5.09. The van der Waals surface area contributed by atoms with Crippen LogP contribution in [0.3, 0.4) is 0 Å². The van der Waals surface area contributed by atoms with Gasteiger partial charge in [-0.05, 0) is 29.8 Å². The number of nitrogens with zero attached hydrogens (tertiary/aromatic N) is 2. The van der Waals surface area contributed by atoms with E-state index in [9.17, 15) is 9.18 Å². The Balaban J connectivity index is 1.58. The van der Waals surface area contributed by atoms with E-state index < -0.39 is 0 Å². The summed E-state index contributed by atoms with van der Waals surface area (Å²) in [7, 11) is 0. The van der Waals surface area contributed by atoms with Gasteiger partial charge in [0.2, 0.25) is 5.91 Å². The van der Waals surface area contributed by atoms with E-state index in [2.05, 4.69) is 20.5 Å². The number of hydrogen-bond acceptors (Lipinski definition) is 3. The molecule has 0 unspecified atom stereocenters. The lowest BCUT2D eigenvalue weighted by atomic mass is 10.1. The predicted octanol–water partition coefficient (Wildman–Crippen LogP) is 2.72. The zero-order valence-electron chi connectivity index (χ0n) is 12.3. The van der Waals surface area contributed by atoms with Crippen molar-refractivity contribution in [2.75, 3.05) is 5.32 Å². The number of halogens is 1. The van der Waals surface area contributed by atoms with E-state index in [0.29, 0.717) is 23.8 Å². The Morgan fingerprint density at radius 1 is 1.09 bits per heavy atom. The largest absolute Gasteiger partial charge is 0.326 e. The second kappa shape index (κ2) is 6.83. The maximum absolute atomic E-state index is 12.8. The summed E-state index contributed by atoms with van der Waals surface area (Å²) in [5, 5.41) is 9.57. The second-order valence-electron chi connectivity index (χ2n) is 5.09. The molecule has 0 saturated heterocycles. The SMILES string of the molecule is O=C(Cc1n[nH]c(Cc2ccccc2)n1)Nc1ccc(F)cc1. The van der Waals surface area contributed by atoms with Crippen LogP contribution >= 0.6 is 0 Å². The average Bonchev–Trinajstić information content (AvgIpc) is 2.97. The van der Waals surface area contributed by atoms with Gasteiger partial charge in [0.1, 0.15) is 11.6 Å². The van der Waals surface area contributed by atoms with Crippen LogP contribution < -0.4 is 5.32 Å². The zero-order chi connectivity index (χ0) is 16.1. The van der Waals surface area contributed by atoms with Gasteiger partial charge in [0.05, 0.1) is 6.42 Å². The number of nitrogens with one attached hydrogen (secondary N) is 2. The van der Waals surface area contributed by atoms with Crippen molar-refractivity contribution in [1.82, 2.24) is 15.2 Å². The van der Waals surface area contributed by atoms with Gasteiger partial charge in [-0.1, -0.05) is 30.3 Å². The van der Waals surface area contributed by atoms with Crippen molar-refractivity contribution in [3.05, 3.63) is 77.6 Å². The van der Waals surface area contributed by atoms with Crippen LogP contribution in [0.2, 0.25) is 0 Å². The third-order valence-corrected chi connectivity index (χ3v) is 3.24. The molecule has 0 spiro atoms. The van der Waals surface area contributed by atoms with Crippen molar-refractivity contribution in [3.8, 4) is 0 Å². The first-order chi connectivity index (χ1) is 11.2. The van der Waals surface area contributed by atoms with Gasteiger partial charge in [-0.25, -0.2) is 9.37 Å². The number of aromatic nitrogens is 3. The summed E-state index contributed by atoms with van der Waals surface area (Å²) >= 11 is 0. The van der Waals surface area contributed by atoms with E-state index in [-0.39, 0.29) is 18.1 Å². The summed E-state index contributed by atoms with van der Waals surface area (Å²) in [6.45, 7) is 0. The molecule has 0 atom stereocenters. The maximum atomic E-state index is 12.8. The first kappa shape index (κ1) is 14.9. The molecule has 3 aromatic rings. The van der Waals surface area contributed by atoms with Crippen LogP contribution in [0.4, 0.5) is 10.1 Å². The van der Waals surface area contributed by atoms with Gasteiger partial charge in [0.15, 0.2) is 5.82 Å². The molecular weight excluding hydrogens is 295 g/mol. The number of carbonyl (C=O) groups is 1. The monoisotopic (exact) mass is 310 g/mol. The van der Waals surface area contributed by atoms with E-state index >= 15 is 0 Å². The Kier molecular flexibility index (Phi) is 4.42. The number of hydrogen-bond donors (Lipinski definition) is 2. The Hall–Kier alpha value is -3.02. The molecule has 0 aliphatic rings. The lowest BCUT2D eigenvalue weighted by Gasteiger charge is -2.02. The highest BCUT2D eigenvalue weighted by molar-refractivity contribution is 5.91. The molecule has 0 aliphatic carbocycles. The molecule has 1 heterocycles. The van der Waals surface area contributed by atoms with E-state index in [4.69, 9.17) is 0 Å². The van der Waals surface area contributed by atoms with Crippen molar-refractivity contribution in [2.24, 2.45) is 0 Å². The van der Waals surface area contributed by atoms with Crippen LogP contribution in [-0.2, 0) is 17.6 Å². The van der Waals surface area contributed by atoms with Crippen LogP contribution in [0.25, 0.3) is 0 Å². The number of anilines is 1. The molecule has 0 fully saturated rings. The van der Waals surface area contributed by atoms with Crippen molar-refractivity contribution in [3.63, 3.8) is 0 Å². The van der Waals surface area contributed by atoms with Crippen molar-refractivity contribution < 1.29 is 9.18 Å². The van der Waals surface area contributed by atoms with E-state index in [1.807, 2.05) is 30.3 Å². The van der Waals surface area contributed by atoms with Crippen molar-refractivity contribution in [1.29, 1.82) is 0 Å². The lowest BCUT2D eigenvalue weighted by molar-refractivity contribution is -0.115. The summed E-state index contributed by atoms with van der Waals surface area (Å²) in [5.41, 5.74) is 1.66. The molecular formula is C17H15FN4O. The van der Waals surface area contributed by atoms with Gasteiger partial charge >= 0.3 is 0 Å². The molecule has 0 radical (unpaired) electrons. The molecule has 0 aliphatic heterocycles. The van der Waals surface area contributed by atoms with Gasteiger partial charge in [0, 0.05) is 12.1 Å². The van der Waals surface area contributed by atoms with E-state index in [1.54, 1.807) is 0 Å². The van der Waals surface area contributed by atoms with Gasteiger partial charge in [0.25, 0.3) is 0 Å². The third-order valence-electron chi connectivity index (χ3n) is 3.24. The molecule has 0 bridgehead atoms. The van der Waals surface area contributed by atoms with E-state index in [1.165, 1.54) is 24.3 Å².